The van der Waals surface area contributed by atoms with E-state index in [0.29, 0.717) is 11.6 Å². The molecule has 124 valence electrons. The van der Waals surface area contributed by atoms with Gasteiger partial charge in [0.2, 0.25) is 0 Å². The van der Waals surface area contributed by atoms with Crippen molar-refractivity contribution in [1.82, 2.24) is 0 Å². The van der Waals surface area contributed by atoms with Crippen molar-refractivity contribution in [1.29, 1.82) is 0 Å². The van der Waals surface area contributed by atoms with Crippen LogP contribution in [0.3, 0.4) is 0 Å². The van der Waals surface area contributed by atoms with E-state index in [4.69, 9.17) is 4.74 Å². The molecule has 0 saturated carbocycles. The Morgan fingerprint density at radius 3 is 2.58 bits per heavy atom. The number of benzene rings is 2. The van der Waals surface area contributed by atoms with E-state index in [-0.39, 0.29) is 24.3 Å². The second-order valence-corrected chi connectivity index (χ2v) is 5.36. The number of carbonyl (C=O) groups excluding carboxylic acids is 1. The molecule has 0 unspecified atom stereocenters. The summed E-state index contributed by atoms with van der Waals surface area (Å²) < 4.78 is 32.5. The van der Waals surface area contributed by atoms with Crippen LogP contribution in [0.15, 0.2) is 42.5 Å². The largest absolute Gasteiger partial charge is 0.480 e. The summed E-state index contributed by atoms with van der Waals surface area (Å²) in [5.74, 6) is -3.14. The van der Waals surface area contributed by atoms with Gasteiger partial charge in [-0.15, -0.1) is 0 Å². The quantitative estimate of drug-likeness (QED) is 0.937. The van der Waals surface area contributed by atoms with E-state index in [9.17, 15) is 23.5 Å². The number of hydrogen-bond acceptors (Lipinski definition) is 3. The third kappa shape index (κ3) is 2.92. The van der Waals surface area contributed by atoms with E-state index in [0.717, 1.165) is 11.0 Å². The van der Waals surface area contributed by atoms with Gasteiger partial charge in [-0.05, 0) is 17.2 Å². The number of carboxylic acids is 1. The lowest BCUT2D eigenvalue weighted by Crippen LogP contribution is -2.43. The maximum atomic E-state index is 14.1. The fourth-order valence-electron chi connectivity index (χ4n) is 2.71. The summed E-state index contributed by atoms with van der Waals surface area (Å²) in [6.45, 7) is -0.0827. The van der Waals surface area contributed by atoms with Crippen molar-refractivity contribution in [3.8, 4) is 0 Å². The highest BCUT2D eigenvalue weighted by Gasteiger charge is 2.41. The number of anilines is 1. The molecule has 1 aliphatic rings. The van der Waals surface area contributed by atoms with Crippen LogP contribution in [-0.4, -0.2) is 23.2 Å². The van der Waals surface area contributed by atoms with Crippen LogP contribution in [0.2, 0.25) is 0 Å². The number of carbonyl (C=O) groups is 2. The lowest BCUT2D eigenvalue weighted by atomic mass is 10.1. The summed E-state index contributed by atoms with van der Waals surface area (Å²) >= 11 is 0. The highest BCUT2D eigenvalue weighted by Crippen LogP contribution is 2.36. The smallest absolute Gasteiger partial charge is 0.415 e. The summed E-state index contributed by atoms with van der Waals surface area (Å²) in [6, 6.07) is 9.09. The lowest BCUT2D eigenvalue weighted by Gasteiger charge is -2.22. The Morgan fingerprint density at radius 1 is 1.21 bits per heavy atom. The van der Waals surface area contributed by atoms with Gasteiger partial charge in [0.05, 0.1) is 5.69 Å². The summed E-state index contributed by atoms with van der Waals surface area (Å²) in [4.78, 5) is 24.4. The molecule has 1 atom stereocenters. The molecule has 1 aliphatic heterocycles. The Balaban J connectivity index is 1.87. The maximum Gasteiger partial charge on any atom is 0.415 e. The molecule has 5 nitrogen and oxygen atoms in total. The first-order valence-electron chi connectivity index (χ1n) is 7.18. The zero-order chi connectivity index (χ0) is 17.3. The first-order valence-corrected chi connectivity index (χ1v) is 7.18. The Labute approximate surface area is 136 Å². The molecule has 1 amide bonds. The van der Waals surface area contributed by atoms with Gasteiger partial charge >= 0.3 is 12.1 Å². The number of hydrogen-bond donors (Lipinski definition) is 1. The van der Waals surface area contributed by atoms with E-state index >= 15 is 0 Å². The average molecular weight is 333 g/mol. The first kappa shape index (κ1) is 15.9. The van der Waals surface area contributed by atoms with Crippen molar-refractivity contribution < 1.29 is 28.2 Å². The van der Waals surface area contributed by atoms with Gasteiger partial charge < -0.3 is 9.84 Å². The van der Waals surface area contributed by atoms with Crippen molar-refractivity contribution >= 4 is 17.7 Å². The van der Waals surface area contributed by atoms with Gasteiger partial charge in [0, 0.05) is 12.5 Å². The molecular weight excluding hydrogens is 320 g/mol. The van der Waals surface area contributed by atoms with Crippen LogP contribution in [0.4, 0.5) is 19.3 Å². The minimum Gasteiger partial charge on any atom is -0.480 e. The van der Waals surface area contributed by atoms with Crippen molar-refractivity contribution in [2.45, 2.75) is 19.1 Å². The summed E-state index contributed by atoms with van der Waals surface area (Å²) in [5, 5.41) is 9.28. The van der Waals surface area contributed by atoms with Crippen LogP contribution < -0.4 is 4.90 Å². The molecule has 7 heteroatoms. The molecule has 0 aromatic heterocycles. The van der Waals surface area contributed by atoms with E-state index in [1.165, 1.54) is 0 Å². The third-order valence-corrected chi connectivity index (χ3v) is 3.76. The van der Waals surface area contributed by atoms with Crippen LogP contribution in [0, 0.1) is 11.6 Å². The van der Waals surface area contributed by atoms with Gasteiger partial charge in [-0.2, -0.15) is 0 Å². The van der Waals surface area contributed by atoms with Gasteiger partial charge in [0.15, 0.2) is 0 Å². The molecule has 0 aliphatic carbocycles. The van der Waals surface area contributed by atoms with Crippen molar-refractivity contribution in [2.24, 2.45) is 0 Å². The highest BCUT2D eigenvalue weighted by molar-refractivity contribution is 5.98. The topological polar surface area (TPSA) is 66.8 Å². The summed E-state index contributed by atoms with van der Waals surface area (Å²) in [7, 11) is 0. The Bertz CT molecular complexity index is 795. The van der Waals surface area contributed by atoms with Crippen LogP contribution in [0.25, 0.3) is 0 Å². The lowest BCUT2D eigenvalue weighted by molar-refractivity contribution is -0.138. The van der Waals surface area contributed by atoms with Gasteiger partial charge in [0.25, 0.3) is 0 Å². The highest BCUT2D eigenvalue weighted by atomic mass is 19.1. The summed E-state index contributed by atoms with van der Waals surface area (Å²) in [6.07, 6.45) is -1.17. The fourth-order valence-corrected chi connectivity index (χ4v) is 2.71. The van der Waals surface area contributed by atoms with Crippen molar-refractivity contribution in [2.75, 3.05) is 4.90 Å². The molecule has 2 aromatic rings. The average Bonchev–Trinajstić information content (AvgIpc) is 2.93. The van der Waals surface area contributed by atoms with Crippen molar-refractivity contribution in [3.63, 3.8) is 0 Å². The monoisotopic (exact) mass is 333 g/mol. The SMILES string of the molecule is O=C(O)[C@H]1Cc2cc(F)cc(F)c2N1C(=O)OCc1ccccc1. The zero-order valence-corrected chi connectivity index (χ0v) is 12.4. The van der Waals surface area contributed by atoms with E-state index < -0.39 is 29.7 Å². The second kappa shape index (κ2) is 6.27. The minimum atomic E-state index is -1.33. The van der Waals surface area contributed by atoms with E-state index in [2.05, 4.69) is 0 Å². The number of nitrogens with zero attached hydrogens (tertiary/aromatic N) is 1. The predicted octanol–water partition coefficient (Wildman–Crippen LogP) is 3.12. The summed E-state index contributed by atoms with van der Waals surface area (Å²) in [5.41, 5.74) is 0.579. The minimum absolute atomic E-state index is 0.0827. The molecule has 1 heterocycles. The van der Waals surface area contributed by atoms with Gasteiger partial charge in [-0.3, -0.25) is 4.90 Å². The van der Waals surface area contributed by atoms with Crippen LogP contribution in [0.5, 0.6) is 0 Å². The number of fused-ring (bicyclic) bond motifs is 1. The first-order chi connectivity index (χ1) is 11.5. The number of amides is 1. The number of rotatable bonds is 3. The molecule has 1 N–H and O–H groups in total. The normalized spacial score (nSPS) is 15.9. The molecule has 0 fully saturated rings. The Morgan fingerprint density at radius 2 is 1.92 bits per heavy atom. The molecule has 3 rings (SSSR count). The molecule has 0 radical (unpaired) electrons. The van der Waals surface area contributed by atoms with Crippen LogP contribution in [-0.2, 0) is 22.6 Å². The van der Waals surface area contributed by atoms with E-state index in [1.54, 1.807) is 30.3 Å². The predicted molar refractivity (Wildman–Crippen MR) is 80.6 cm³/mol. The Hall–Kier alpha value is -2.96. The molecule has 0 spiro atoms. The Kier molecular flexibility index (Phi) is 4.16. The molecule has 0 bridgehead atoms. The molecular formula is C17H13F2NO4. The second-order valence-electron chi connectivity index (χ2n) is 5.36. The van der Waals surface area contributed by atoms with E-state index in [1.807, 2.05) is 0 Å². The number of halogens is 2. The zero-order valence-electron chi connectivity index (χ0n) is 12.4. The van der Waals surface area contributed by atoms with Gasteiger partial charge in [0.1, 0.15) is 24.3 Å². The van der Waals surface area contributed by atoms with Crippen LogP contribution in [0.1, 0.15) is 11.1 Å². The molecule has 24 heavy (non-hydrogen) atoms. The fraction of sp³-hybridized carbons (Fsp3) is 0.176. The molecule has 0 saturated heterocycles. The standard InChI is InChI=1S/C17H13F2NO4/c18-12-6-11-7-14(16(21)22)20(15(11)13(19)8-12)17(23)24-9-10-4-2-1-3-5-10/h1-6,8,14H,7,9H2,(H,21,22)/t14-/m1/s1. The van der Waals surface area contributed by atoms with Crippen LogP contribution >= 0.6 is 0 Å². The number of carboxylic acid groups (broad SMARTS) is 1. The van der Waals surface area contributed by atoms with Crippen molar-refractivity contribution in [3.05, 3.63) is 65.2 Å². The van der Waals surface area contributed by atoms with Gasteiger partial charge in [-0.25, -0.2) is 18.4 Å². The number of ether oxygens (including phenoxy) is 1. The maximum absolute atomic E-state index is 14.1. The third-order valence-electron chi connectivity index (χ3n) is 3.76. The molecule has 2 aromatic carbocycles. The van der Waals surface area contributed by atoms with Gasteiger partial charge in [-0.1, -0.05) is 30.3 Å². The number of aliphatic carboxylic acids is 1.